The van der Waals surface area contributed by atoms with Crippen LogP contribution < -0.4 is 10.1 Å². The number of hydrogen-bond acceptors (Lipinski definition) is 8. The molecule has 7 nitrogen and oxygen atoms in total. The largest absolute Gasteiger partial charge is 0.484 e. The number of benzene rings is 2. The highest BCUT2D eigenvalue weighted by Gasteiger charge is 2.12. The fourth-order valence-electron chi connectivity index (χ4n) is 2.81. The molecule has 4 aromatic rings. The monoisotopic (exact) mass is 466 g/mol. The van der Waals surface area contributed by atoms with Gasteiger partial charge in [-0.25, -0.2) is 4.98 Å². The molecule has 0 aliphatic carbocycles. The van der Waals surface area contributed by atoms with Crippen molar-refractivity contribution in [2.24, 2.45) is 0 Å². The molecule has 0 atom stereocenters. The first kappa shape index (κ1) is 22.0. The van der Waals surface area contributed by atoms with Crippen LogP contribution >= 0.6 is 23.1 Å². The summed E-state index contributed by atoms with van der Waals surface area (Å²) in [5.74, 6) is 1.67. The van der Waals surface area contributed by atoms with Crippen LogP contribution in [0.1, 0.15) is 27.7 Å². The van der Waals surface area contributed by atoms with Gasteiger partial charge in [-0.15, -0.1) is 21.5 Å². The molecule has 0 radical (unpaired) electrons. The van der Waals surface area contributed by atoms with E-state index < -0.39 is 0 Å². The Morgan fingerprint density at radius 3 is 2.75 bits per heavy atom. The van der Waals surface area contributed by atoms with E-state index in [9.17, 15) is 4.79 Å². The van der Waals surface area contributed by atoms with Gasteiger partial charge in [0.25, 0.3) is 11.1 Å². The zero-order valence-corrected chi connectivity index (χ0v) is 19.3. The number of ether oxygens (including phenoxy) is 1. The molecular formula is C23H22N4O3S2. The van der Waals surface area contributed by atoms with Gasteiger partial charge in [0.2, 0.25) is 5.91 Å². The smallest absolute Gasteiger partial charge is 0.277 e. The van der Waals surface area contributed by atoms with Crippen molar-refractivity contribution in [3.05, 3.63) is 81.6 Å². The fraction of sp³-hybridized carbons (Fsp3) is 0.217. The van der Waals surface area contributed by atoms with Gasteiger partial charge >= 0.3 is 0 Å². The maximum absolute atomic E-state index is 12.3. The van der Waals surface area contributed by atoms with E-state index in [1.807, 2.05) is 67.8 Å². The molecule has 2 aromatic heterocycles. The number of rotatable bonds is 9. The van der Waals surface area contributed by atoms with Crippen molar-refractivity contribution >= 4 is 34.7 Å². The number of para-hydroxylation sites is 1. The molecule has 0 aliphatic rings. The summed E-state index contributed by atoms with van der Waals surface area (Å²) in [6, 6.07) is 15.5. The van der Waals surface area contributed by atoms with Crippen molar-refractivity contribution in [2.75, 3.05) is 5.32 Å². The number of amides is 1. The summed E-state index contributed by atoms with van der Waals surface area (Å²) < 4.78 is 11.3. The highest BCUT2D eigenvalue weighted by Crippen LogP contribution is 2.24. The number of nitrogens with one attached hydrogen (secondary N) is 1. The average Bonchev–Trinajstić information content (AvgIpc) is 3.43. The number of nitrogens with zero attached hydrogens (tertiary/aromatic N) is 3. The maximum Gasteiger partial charge on any atom is 0.277 e. The van der Waals surface area contributed by atoms with Crippen LogP contribution in [-0.2, 0) is 23.6 Å². The van der Waals surface area contributed by atoms with Gasteiger partial charge in [-0.3, -0.25) is 4.79 Å². The second kappa shape index (κ2) is 10.4. The number of thioether (sulfide) groups is 1. The third-order valence-corrected chi connectivity index (χ3v) is 6.26. The Balaban J connectivity index is 1.24. The van der Waals surface area contributed by atoms with E-state index in [0.717, 1.165) is 27.7 Å². The molecule has 2 aromatic carbocycles. The normalized spacial score (nSPS) is 10.8. The average molecular weight is 467 g/mol. The topological polar surface area (TPSA) is 90.1 Å². The molecule has 0 fully saturated rings. The predicted octanol–water partition coefficient (Wildman–Crippen LogP) is 5.20. The lowest BCUT2D eigenvalue weighted by Gasteiger charge is -2.06. The SMILES string of the molecule is Cc1ccc(OCc2nnc(SCc3csc(CC(=O)Nc4ccccc4C)n3)o2)cc1. The zero-order chi connectivity index (χ0) is 22.3. The third-order valence-electron chi connectivity index (χ3n) is 4.51. The van der Waals surface area contributed by atoms with Crippen molar-refractivity contribution in [2.45, 2.75) is 37.9 Å². The second-order valence-electron chi connectivity index (χ2n) is 7.12. The second-order valence-corrected chi connectivity index (χ2v) is 8.99. The Kier molecular flexibility index (Phi) is 7.18. The molecular weight excluding hydrogens is 444 g/mol. The lowest BCUT2D eigenvalue weighted by atomic mass is 10.2. The Hall–Kier alpha value is -3.17. The van der Waals surface area contributed by atoms with Crippen LogP contribution in [0.5, 0.6) is 5.75 Å². The summed E-state index contributed by atoms with van der Waals surface area (Å²) in [5, 5.41) is 14.2. The predicted molar refractivity (Wildman–Crippen MR) is 125 cm³/mol. The molecule has 0 unspecified atom stereocenters. The first-order valence-corrected chi connectivity index (χ1v) is 11.8. The van der Waals surface area contributed by atoms with E-state index >= 15 is 0 Å². The summed E-state index contributed by atoms with van der Waals surface area (Å²) in [6.07, 6.45) is 0.241. The Morgan fingerprint density at radius 1 is 1.12 bits per heavy atom. The molecule has 164 valence electrons. The van der Waals surface area contributed by atoms with Gasteiger partial charge in [0.05, 0.1) is 12.1 Å². The quantitative estimate of drug-likeness (QED) is 0.339. The summed E-state index contributed by atoms with van der Waals surface area (Å²) >= 11 is 2.87. The van der Waals surface area contributed by atoms with E-state index in [1.54, 1.807) is 0 Å². The van der Waals surface area contributed by atoms with E-state index in [2.05, 4.69) is 20.5 Å². The summed E-state index contributed by atoms with van der Waals surface area (Å²) in [6.45, 7) is 4.20. The van der Waals surface area contributed by atoms with Gasteiger partial charge in [0.15, 0.2) is 6.61 Å². The molecule has 0 aliphatic heterocycles. The van der Waals surface area contributed by atoms with Crippen LogP contribution in [0.15, 0.2) is 63.6 Å². The first-order valence-electron chi connectivity index (χ1n) is 9.98. The lowest BCUT2D eigenvalue weighted by molar-refractivity contribution is -0.115. The van der Waals surface area contributed by atoms with Crippen LogP contribution in [0.2, 0.25) is 0 Å². The van der Waals surface area contributed by atoms with Gasteiger partial charge in [-0.05, 0) is 37.6 Å². The van der Waals surface area contributed by atoms with Crippen LogP contribution in [0.25, 0.3) is 0 Å². The van der Waals surface area contributed by atoms with Crippen molar-refractivity contribution < 1.29 is 13.9 Å². The highest BCUT2D eigenvalue weighted by atomic mass is 32.2. The number of anilines is 1. The Bertz CT molecular complexity index is 1190. The zero-order valence-electron chi connectivity index (χ0n) is 17.7. The number of hydrogen-bond donors (Lipinski definition) is 1. The fourth-order valence-corrected chi connectivity index (χ4v) is 4.38. The van der Waals surface area contributed by atoms with Crippen LogP contribution in [0, 0.1) is 13.8 Å². The molecule has 0 saturated heterocycles. The number of carbonyl (C=O) groups excluding carboxylic acids is 1. The molecule has 0 spiro atoms. The minimum Gasteiger partial charge on any atom is -0.484 e. The molecule has 0 saturated carbocycles. The highest BCUT2D eigenvalue weighted by molar-refractivity contribution is 7.98. The van der Waals surface area contributed by atoms with Crippen molar-refractivity contribution in [3.63, 3.8) is 0 Å². The van der Waals surface area contributed by atoms with Crippen molar-refractivity contribution in [1.29, 1.82) is 0 Å². The molecule has 32 heavy (non-hydrogen) atoms. The minimum atomic E-state index is -0.0806. The number of thiazole rings is 1. The maximum atomic E-state index is 12.3. The number of aryl methyl sites for hydroxylation is 2. The molecule has 1 N–H and O–H groups in total. The lowest BCUT2D eigenvalue weighted by Crippen LogP contribution is -2.15. The number of aromatic nitrogens is 3. The minimum absolute atomic E-state index is 0.0806. The summed E-state index contributed by atoms with van der Waals surface area (Å²) in [7, 11) is 0. The van der Waals surface area contributed by atoms with Crippen molar-refractivity contribution in [3.8, 4) is 5.75 Å². The Labute approximate surface area is 194 Å². The van der Waals surface area contributed by atoms with Gasteiger partial charge in [0, 0.05) is 16.8 Å². The molecule has 0 bridgehead atoms. The van der Waals surface area contributed by atoms with Gasteiger partial charge < -0.3 is 14.5 Å². The van der Waals surface area contributed by atoms with Gasteiger partial charge in [-0.2, -0.15) is 0 Å². The summed E-state index contributed by atoms with van der Waals surface area (Å²) in [4.78, 5) is 16.9. The van der Waals surface area contributed by atoms with Crippen molar-refractivity contribution in [1.82, 2.24) is 15.2 Å². The molecule has 2 heterocycles. The number of carbonyl (C=O) groups is 1. The van der Waals surface area contributed by atoms with Crippen LogP contribution in [-0.4, -0.2) is 21.1 Å². The first-order chi connectivity index (χ1) is 15.5. The molecule has 9 heteroatoms. The van der Waals surface area contributed by atoms with Crippen LogP contribution in [0.3, 0.4) is 0 Å². The summed E-state index contributed by atoms with van der Waals surface area (Å²) in [5.41, 5.74) is 3.89. The van der Waals surface area contributed by atoms with Gasteiger partial charge in [0.1, 0.15) is 10.8 Å². The molecule has 1 amide bonds. The van der Waals surface area contributed by atoms with Gasteiger partial charge in [-0.1, -0.05) is 47.7 Å². The van der Waals surface area contributed by atoms with E-state index in [1.165, 1.54) is 28.7 Å². The third kappa shape index (κ3) is 6.18. The van der Waals surface area contributed by atoms with Crippen LogP contribution in [0.4, 0.5) is 5.69 Å². The standard InChI is InChI=1S/C23H22N4O3S2/c1-15-7-9-18(10-8-15)29-12-21-26-27-23(30-21)32-14-17-13-31-22(24-17)11-20(28)25-19-6-4-3-5-16(19)2/h3-10,13H,11-12,14H2,1-2H3,(H,25,28). The van der Waals surface area contributed by atoms with E-state index in [4.69, 9.17) is 9.15 Å². The molecule has 4 rings (SSSR count). The van der Waals surface area contributed by atoms with E-state index in [-0.39, 0.29) is 18.9 Å². The Morgan fingerprint density at radius 2 is 1.94 bits per heavy atom. The van der Waals surface area contributed by atoms with E-state index in [0.29, 0.717) is 16.9 Å².